The zero-order valence-corrected chi connectivity index (χ0v) is 14.7. The predicted molar refractivity (Wildman–Crippen MR) is 92.9 cm³/mol. The van der Waals surface area contributed by atoms with Crippen molar-refractivity contribution in [3.8, 4) is 5.75 Å². The van der Waals surface area contributed by atoms with Crippen molar-refractivity contribution in [3.05, 3.63) is 58.1 Å². The fourth-order valence-corrected chi connectivity index (χ4v) is 3.05. The van der Waals surface area contributed by atoms with Gasteiger partial charge < -0.3 is 10.1 Å². The molecule has 0 bridgehead atoms. The third-order valence-corrected chi connectivity index (χ3v) is 4.40. The van der Waals surface area contributed by atoms with Crippen LogP contribution in [-0.4, -0.2) is 23.5 Å². The molecule has 2 aromatic rings. The van der Waals surface area contributed by atoms with Crippen LogP contribution in [0.4, 0.5) is 5.69 Å². The van der Waals surface area contributed by atoms with Crippen molar-refractivity contribution < 1.29 is 13.7 Å². The zero-order chi connectivity index (χ0) is 16.1. The van der Waals surface area contributed by atoms with Crippen LogP contribution in [0.2, 0.25) is 0 Å². The number of nitrogens with one attached hydrogen (secondary N) is 1. The molecular formula is C16H16BrNO3S. The lowest BCUT2D eigenvalue weighted by atomic mass is 10.2. The zero-order valence-electron chi connectivity index (χ0n) is 12.3. The van der Waals surface area contributed by atoms with Crippen LogP contribution >= 0.6 is 15.9 Å². The Morgan fingerprint density at radius 1 is 1.27 bits per heavy atom. The monoisotopic (exact) mass is 381 g/mol. The first kappa shape index (κ1) is 16.7. The van der Waals surface area contributed by atoms with Crippen LogP contribution in [0.15, 0.2) is 46.9 Å². The van der Waals surface area contributed by atoms with Crippen molar-refractivity contribution in [2.45, 2.75) is 5.75 Å². The normalized spacial score (nSPS) is 11.8. The van der Waals surface area contributed by atoms with Gasteiger partial charge in [-0.2, -0.15) is 0 Å². The second kappa shape index (κ2) is 7.56. The van der Waals surface area contributed by atoms with E-state index in [9.17, 15) is 9.00 Å². The van der Waals surface area contributed by atoms with Crippen molar-refractivity contribution in [3.63, 3.8) is 0 Å². The third-order valence-electron chi connectivity index (χ3n) is 2.97. The molecule has 0 fully saturated rings. The molecule has 1 amide bonds. The number of ether oxygens (including phenoxy) is 1. The van der Waals surface area contributed by atoms with Crippen molar-refractivity contribution in [2.24, 2.45) is 0 Å². The molecule has 0 heterocycles. The SMILES string of the molecule is COc1ccc(Br)c(C(=O)Nc2cccc(CS(C)=O)c2)c1. The maximum absolute atomic E-state index is 12.4. The predicted octanol–water partition coefficient (Wildman–Crippen LogP) is 3.59. The van der Waals surface area contributed by atoms with E-state index in [1.165, 1.54) is 0 Å². The number of carbonyl (C=O) groups excluding carboxylic acids is 1. The summed E-state index contributed by atoms with van der Waals surface area (Å²) >= 11 is 3.36. The maximum atomic E-state index is 12.4. The average molecular weight is 382 g/mol. The van der Waals surface area contributed by atoms with Crippen LogP contribution in [0, 0.1) is 0 Å². The summed E-state index contributed by atoms with van der Waals surface area (Å²) < 4.78 is 17.1. The minimum absolute atomic E-state index is 0.236. The second-order valence-corrected chi connectivity index (χ2v) is 7.01. The molecule has 116 valence electrons. The van der Waals surface area contributed by atoms with Crippen LogP contribution in [0.5, 0.6) is 5.75 Å². The molecule has 0 saturated carbocycles. The van der Waals surface area contributed by atoms with Gasteiger partial charge in [-0.25, -0.2) is 0 Å². The number of hydrogen-bond donors (Lipinski definition) is 1. The summed E-state index contributed by atoms with van der Waals surface area (Å²) in [6.07, 6.45) is 1.65. The van der Waals surface area contributed by atoms with Gasteiger partial charge in [0.25, 0.3) is 5.91 Å². The molecule has 0 saturated heterocycles. The largest absolute Gasteiger partial charge is 0.497 e. The number of benzene rings is 2. The highest BCUT2D eigenvalue weighted by molar-refractivity contribution is 9.10. The van der Waals surface area contributed by atoms with Gasteiger partial charge >= 0.3 is 0 Å². The van der Waals surface area contributed by atoms with Crippen molar-refractivity contribution >= 4 is 38.3 Å². The van der Waals surface area contributed by atoms with Crippen molar-refractivity contribution in [1.82, 2.24) is 0 Å². The molecule has 0 aliphatic rings. The fourth-order valence-electron chi connectivity index (χ4n) is 1.98. The topological polar surface area (TPSA) is 55.4 Å². The van der Waals surface area contributed by atoms with Crippen LogP contribution in [0.25, 0.3) is 0 Å². The molecule has 1 atom stereocenters. The average Bonchev–Trinajstić information content (AvgIpc) is 2.47. The smallest absolute Gasteiger partial charge is 0.256 e. The number of amides is 1. The third kappa shape index (κ3) is 4.42. The highest BCUT2D eigenvalue weighted by Gasteiger charge is 2.12. The number of methoxy groups -OCH3 is 1. The minimum atomic E-state index is -0.918. The molecule has 0 aliphatic heterocycles. The van der Waals surface area contributed by atoms with E-state index in [1.807, 2.05) is 18.2 Å². The van der Waals surface area contributed by atoms with E-state index in [1.54, 1.807) is 37.6 Å². The molecule has 22 heavy (non-hydrogen) atoms. The highest BCUT2D eigenvalue weighted by atomic mass is 79.9. The maximum Gasteiger partial charge on any atom is 0.256 e. The lowest BCUT2D eigenvalue weighted by Gasteiger charge is -2.09. The summed E-state index contributed by atoms with van der Waals surface area (Å²) in [4.78, 5) is 12.4. The van der Waals surface area contributed by atoms with E-state index in [-0.39, 0.29) is 5.91 Å². The first-order valence-electron chi connectivity index (χ1n) is 6.53. The van der Waals surface area contributed by atoms with Crippen LogP contribution < -0.4 is 10.1 Å². The van der Waals surface area contributed by atoms with Gasteiger partial charge in [0.2, 0.25) is 0 Å². The Balaban J connectivity index is 2.20. The first-order chi connectivity index (χ1) is 10.5. The Morgan fingerprint density at radius 2 is 2.05 bits per heavy atom. The van der Waals surface area contributed by atoms with Crippen molar-refractivity contribution in [1.29, 1.82) is 0 Å². The molecule has 1 N–H and O–H groups in total. The molecule has 0 radical (unpaired) electrons. The minimum Gasteiger partial charge on any atom is -0.497 e. The molecule has 0 aromatic heterocycles. The van der Waals surface area contributed by atoms with E-state index < -0.39 is 10.8 Å². The van der Waals surface area contributed by atoms with Gasteiger partial charge in [0.05, 0.1) is 12.7 Å². The number of halogens is 1. The summed E-state index contributed by atoms with van der Waals surface area (Å²) in [5, 5.41) is 2.84. The Kier molecular flexibility index (Phi) is 5.74. The lowest BCUT2D eigenvalue weighted by Crippen LogP contribution is -2.13. The van der Waals surface area contributed by atoms with Crippen LogP contribution in [0.1, 0.15) is 15.9 Å². The highest BCUT2D eigenvalue weighted by Crippen LogP contribution is 2.23. The van der Waals surface area contributed by atoms with Gasteiger partial charge in [-0.15, -0.1) is 0 Å². The van der Waals surface area contributed by atoms with Crippen molar-refractivity contribution in [2.75, 3.05) is 18.7 Å². The van der Waals surface area contributed by atoms with Gasteiger partial charge in [-0.05, 0) is 51.8 Å². The van der Waals surface area contributed by atoms with Crippen LogP contribution in [-0.2, 0) is 16.6 Å². The summed E-state index contributed by atoms with van der Waals surface area (Å²) in [6, 6.07) is 12.6. The Bertz CT molecular complexity index is 718. The number of rotatable bonds is 5. The molecule has 0 spiro atoms. The second-order valence-electron chi connectivity index (χ2n) is 4.72. The summed E-state index contributed by atoms with van der Waals surface area (Å²) in [5.74, 6) is 0.844. The quantitative estimate of drug-likeness (QED) is 0.860. The van der Waals surface area contributed by atoms with E-state index in [4.69, 9.17) is 4.74 Å². The molecule has 6 heteroatoms. The Morgan fingerprint density at radius 3 is 2.73 bits per heavy atom. The molecule has 4 nitrogen and oxygen atoms in total. The van der Waals surface area contributed by atoms with E-state index >= 15 is 0 Å². The van der Waals surface area contributed by atoms with Gasteiger partial charge in [0, 0.05) is 33.0 Å². The molecular weight excluding hydrogens is 366 g/mol. The first-order valence-corrected chi connectivity index (χ1v) is 9.05. The van der Waals surface area contributed by atoms with E-state index in [0.717, 1.165) is 5.56 Å². The Hall–Kier alpha value is -1.66. The number of hydrogen-bond acceptors (Lipinski definition) is 3. The molecule has 0 aliphatic carbocycles. The van der Waals surface area contributed by atoms with Crippen LogP contribution in [0.3, 0.4) is 0 Å². The van der Waals surface area contributed by atoms with Gasteiger partial charge in [-0.1, -0.05) is 12.1 Å². The standard InChI is InChI=1S/C16H16BrNO3S/c1-21-13-6-7-15(17)14(9-13)16(19)18-12-5-3-4-11(8-12)10-22(2)20/h3-9H,10H2,1-2H3,(H,18,19). The molecule has 2 rings (SSSR count). The summed E-state index contributed by atoms with van der Waals surface area (Å²) in [6.45, 7) is 0. The summed E-state index contributed by atoms with van der Waals surface area (Å²) in [7, 11) is 0.637. The fraction of sp³-hybridized carbons (Fsp3) is 0.188. The number of anilines is 1. The Labute approximate surface area is 140 Å². The number of carbonyl (C=O) groups is 1. The van der Waals surface area contributed by atoms with Gasteiger partial charge in [-0.3, -0.25) is 9.00 Å². The molecule has 2 aromatic carbocycles. The van der Waals surface area contributed by atoms with E-state index in [2.05, 4.69) is 21.2 Å². The van der Waals surface area contributed by atoms with Gasteiger partial charge in [0.1, 0.15) is 5.75 Å². The lowest BCUT2D eigenvalue weighted by molar-refractivity contribution is 0.102. The molecule has 1 unspecified atom stereocenters. The van der Waals surface area contributed by atoms with Gasteiger partial charge in [0.15, 0.2) is 0 Å². The summed E-state index contributed by atoms with van der Waals surface area (Å²) in [5.41, 5.74) is 2.08. The van der Waals surface area contributed by atoms with E-state index in [0.29, 0.717) is 27.2 Å².